The predicted molar refractivity (Wildman–Crippen MR) is 49.1 cm³/mol. The smallest absolute Gasteiger partial charge is 0.323 e. The number of nitriles is 1. The third kappa shape index (κ3) is 2.56. The number of carbonyl (C=O) groups is 1. The molecule has 0 aliphatic heterocycles. The molecule has 0 bridgehead atoms. The van der Waals surface area contributed by atoms with Crippen LogP contribution in [0.2, 0.25) is 0 Å². The van der Waals surface area contributed by atoms with Gasteiger partial charge in [0.15, 0.2) is 0 Å². The van der Waals surface area contributed by atoms with Crippen LogP contribution >= 0.6 is 11.3 Å². The highest BCUT2D eigenvalue weighted by atomic mass is 32.1. The molecular weight excluding hydrogens is 188 g/mol. The van der Waals surface area contributed by atoms with E-state index >= 15 is 0 Å². The van der Waals surface area contributed by atoms with Crippen molar-refractivity contribution >= 4 is 17.3 Å². The van der Waals surface area contributed by atoms with Crippen molar-refractivity contribution in [2.45, 2.75) is 6.42 Å². The van der Waals surface area contributed by atoms with Gasteiger partial charge in [0.25, 0.3) is 0 Å². The van der Waals surface area contributed by atoms with Crippen LogP contribution in [0, 0.1) is 17.2 Å². The lowest BCUT2D eigenvalue weighted by molar-refractivity contribution is -0.143. The molecule has 0 aromatic carbocycles. The molecule has 3 nitrogen and oxygen atoms in total. The van der Waals surface area contributed by atoms with Crippen molar-refractivity contribution in [1.29, 1.82) is 5.26 Å². The molecule has 0 saturated carbocycles. The Morgan fingerprint density at radius 1 is 1.85 bits per heavy atom. The molecule has 0 radical (unpaired) electrons. The van der Waals surface area contributed by atoms with Crippen LogP contribution in [-0.4, -0.2) is 13.1 Å². The van der Waals surface area contributed by atoms with Crippen LogP contribution in [0.1, 0.15) is 5.56 Å². The molecule has 0 aliphatic carbocycles. The first-order chi connectivity index (χ1) is 6.27. The second-order valence-corrected chi connectivity index (χ2v) is 3.32. The van der Waals surface area contributed by atoms with Gasteiger partial charge in [-0.3, -0.25) is 4.79 Å². The van der Waals surface area contributed by atoms with Crippen LogP contribution in [0.15, 0.2) is 16.8 Å². The van der Waals surface area contributed by atoms with Crippen molar-refractivity contribution in [2.75, 3.05) is 7.11 Å². The van der Waals surface area contributed by atoms with E-state index < -0.39 is 11.9 Å². The third-order valence-electron chi connectivity index (χ3n) is 1.66. The maximum absolute atomic E-state index is 11.0. The van der Waals surface area contributed by atoms with Crippen LogP contribution in [0.5, 0.6) is 0 Å². The lowest BCUT2D eigenvalue weighted by Crippen LogP contribution is -2.16. The van der Waals surface area contributed by atoms with Crippen molar-refractivity contribution in [2.24, 2.45) is 5.92 Å². The molecule has 13 heavy (non-hydrogen) atoms. The van der Waals surface area contributed by atoms with E-state index in [0.717, 1.165) is 5.56 Å². The summed E-state index contributed by atoms with van der Waals surface area (Å²) in [5.41, 5.74) is 1.00. The predicted octanol–water partition coefficient (Wildman–Crippen LogP) is 1.60. The maximum atomic E-state index is 11.0. The Morgan fingerprint density at radius 3 is 3.08 bits per heavy atom. The number of hydrogen-bond acceptors (Lipinski definition) is 4. The van der Waals surface area contributed by atoms with Crippen LogP contribution in [-0.2, 0) is 16.0 Å². The van der Waals surface area contributed by atoms with Gasteiger partial charge in [0.2, 0.25) is 0 Å². The number of rotatable bonds is 3. The van der Waals surface area contributed by atoms with Crippen LogP contribution < -0.4 is 0 Å². The van der Waals surface area contributed by atoms with Crippen molar-refractivity contribution in [1.82, 2.24) is 0 Å². The zero-order chi connectivity index (χ0) is 9.68. The van der Waals surface area contributed by atoms with Gasteiger partial charge >= 0.3 is 5.97 Å². The monoisotopic (exact) mass is 197 g/mol. The summed E-state index contributed by atoms with van der Waals surface area (Å²) in [5.74, 6) is -1.15. The van der Waals surface area contributed by atoms with Gasteiger partial charge in [-0.15, -0.1) is 0 Å². The molecule has 1 heterocycles. The van der Waals surface area contributed by atoms with Crippen molar-refractivity contribution in [3.05, 3.63) is 22.4 Å². The fourth-order valence-electron chi connectivity index (χ4n) is 0.968. The second-order valence-electron chi connectivity index (χ2n) is 2.54. The molecule has 68 valence electrons. The minimum absolute atomic E-state index is 0.437. The molecule has 0 saturated heterocycles. The number of carbonyl (C=O) groups excluding carboxylic acids is 1. The highest BCUT2D eigenvalue weighted by Gasteiger charge is 2.18. The van der Waals surface area contributed by atoms with E-state index in [-0.39, 0.29) is 0 Å². The Bertz CT molecular complexity index is 313. The SMILES string of the molecule is COC(=O)C(Cc1ccsc1)[14C]#N. The summed E-state index contributed by atoms with van der Waals surface area (Å²) in [4.78, 5) is 11.0. The first kappa shape index (κ1) is 9.75. The van der Waals surface area contributed by atoms with E-state index in [1.165, 1.54) is 7.11 Å². The Hall–Kier alpha value is -1.34. The first-order valence-corrected chi connectivity index (χ1v) is 4.70. The molecule has 0 spiro atoms. The summed E-state index contributed by atoms with van der Waals surface area (Å²) in [6.45, 7) is 0. The summed E-state index contributed by atoms with van der Waals surface area (Å²) < 4.78 is 4.49. The van der Waals surface area contributed by atoms with Gasteiger partial charge in [-0.05, 0) is 28.8 Å². The Kier molecular flexibility index (Phi) is 3.47. The number of ether oxygens (including phenoxy) is 1. The minimum Gasteiger partial charge on any atom is -0.468 e. The highest BCUT2D eigenvalue weighted by molar-refractivity contribution is 7.07. The van der Waals surface area contributed by atoms with E-state index in [4.69, 9.17) is 5.26 Å². The fraction of sp³-hybridized carbons (Fsp3) is 0.333. The number of nitrogens with zero attached hydrogens (tertiary/aromatic N) is 1. The van der Waals surface area contributed by atoms with Gasteiger partial charge in [-0.2, -0.15) is 16.6 Å². The second kappa shape index (κ2) is 4.63. The summed E-state index contributed by atoms with van der Waals surface area (Å²) in [6.07, 6.45) is 0.437. The summed E-state index contributed by atoms with van der Waals surface area (Å²) in [7, 11) is 1.29. The van der Waals surface area contributed by atoms with Crippen LogP contribution in [0.25, 0.3) is 0 Å². The van der Waals surface area contributed by atoms with Gasteiger partial charge in [0.05, 0.1) is 13.2 Å². The summed E-state index contributed by atoms with van der Waals surface area (Å²) in [6, 6.07) is 3.82. The van der Waals surface area contributed by atoms with Gasteiger partial charge in [0.1, 0.15) is 5.92 Å². The van der Waals surface area contributed by atoms with Crippen molar-refractivity contribution < 1.29 is 9.53 Å². The number of hydrogen-bond donors (Lipinski definition) is 0. The number of esters is 1. The standard InChI is InChI=1S/C9H9NO2S/c1-12-9(11)8(5-10)4-7-2-3-13-6-7/h2-3,6,8H,4H2,1H3/i5+2. The third-order valence-corrected chi connectivity index (χ3v) is 2.39. The average molecular weight is 197 g/mol. The molecule has 1 rings (SSSR count). The van der Waals surface area contributed by atoms with E-state index in [1.807, 2.05) is 22.9 Å². The largest absolute Gasteiger partial charge is 0.468 e. The fourth-order valence-corrected chi connectivity index (χ4v) is 1.65. The van der Waals surface area contributed by atoms with Crippen molar-refractivity contribution in [3.63, 3.8) is 0 Å². The van der Waals surface area contributed by atoms with E-state index in [9.17, 15) is 4.79 Å². The molecule has 1 aromatic rings. The molecule has 1 unspecified atom stereocenters. The summed E-state index contributed by atoms with van der Waals surface area (Å²) in [5, 5.41) is 12.5. The molecular formula is C9H9NO2S. The molecule has 0 N–H and O–H groups in total. The Labute approximate surface area is 80.6 Å². The normalized spacial score (nSPS) is 11.7. The topological polar surface area (TPSA) is 50.1 Å². The zero-order valence-electron chi connectivity index (χ0n) is 7.19. The molecule has 4 heteroatoms. The van der Waals surface area contributed by atoms with Crippen molar-refractivity contribution in [3.8, 4) is 6.07 Å². The van der Waals surface area contributed by atoms with E-state index in [2.05, 4.69) is 4.74 Å². The van der Waals surface area contributed by atoms with Gasteiger partial charge < -0.3 is 4.74 Å². The first-order valence-electron chi connectivity index (χ1n) is 3.76. The zero-order valence-corrected chi connectivity index (χ0v) is 8.00. The van der Waals surface area contributed by atoms with Gasteiger partial charge in [-0.25, -0.2) is 0 Å². The molecule has 0 fully saturated rings. The maximum Gasteiger partial charge on any atom is 0.323 e. The minimum atomic E-state index is -0.681. The van der Waals surface area contributed by atoms with E-state index in [0.29, 0.717) is 6.42 Å². The van der Waals surface area contributed by atoms with Gasteiger partial charge in [0, 0.05) is 0 Å². The Morgan fingerprint density at radius 2 is 2.62 bits per heavy atom. The quantitative estimate of drug-likeness (QED) is 0.691. The highest BCUT2D eigenvalue weighted by Crippen LogP contribution is 2.12. The van der Waals surface area contributed by atoms with Gasteiger partial charge in [-0.1, -0.05) is 0 Å². The summed E-state index contributed by atoms with van der Waals surface area (Å²) >= 11 is 1.55. The number of thiophene rings is 1. The lowest BCUT2D eigenvalue weighted by Gasteiger charge is -2.04. The number of methoxy groups -OCH3 is 1. The lowest BCUT2D eigenvalue weighted by atomic mass is 10.1. The van der Waals surface area contributed by atoms with E-state index in [1.54, 1.807) is 11.3 Å². The van der Waals surface area contributed by atoms with Crippen LogP contribution in [0.4, 0.5) is 0 Å². The Balaban J connectivity index is 2.61. The average Bonchev–Trinajstić information content (AvgIpc) is 2.65. The van der Waals surface area contributed by atoms with Crippen LogP contribution in [0.3, 0.4) is 0 Å². The molecule has 0 aliphatic rings. The molecule has 1 aromatic heterocycles. The molecule has 1 atom stereocenters. The molecule has 0 amide bonds.